The molecule has 1 heterocycles. The number of rotatable bonds is 16. The number of methoxy groups -OCH3 is 1. The number of benzene rings is 3. The Bertz CT molecular complexity index is 1730. The molecule has 1 aliphatic rings. The zero-order chi connectivity index (χ0) is 35.5. The maximum absolute atomic E-state index is 12.5. The lowest BCUT2D eigenvalue weighted by Crippen LogP contribution is -2.45. The number of carbonyl (C=O) groups excluding carboxylic acids is 2. The molecular formula is C34H37ClN4O10. The zero-order valence-corrected chi connectivity index (χ0v) is 28.0. The van der Waals surface area contributed by atoms with E-state index in [1.807, 2.05) is 6.92 Å². The molecule has 0 saturated heterocycles. The van der Waals surface area contributed by atoms with Crippen molar-refractivity contribution in [2.24, 2.45) is 5.10 Å². The summed E-state index contributed by atoms with van der Waals surface area (Å²) < 4.78 is 28.1. The van der Waals surface area contributed by atoms with Crippen LogP contribution in [-0.2, 0) is 16.1 Å². The molecule has 3 aromatic carbocycles. The molecule has 49 heavy (non-hydrogen) atoms. The number of nitrogens with zero attached hydrogens (tertiary/aromatic N) is 1. The van der Waals surface area contributed by atoms with Gasteiger partial charge in [0.2, 0.25) is 0 Å². The molecule has 4 rings (SSSR count). The minimum absolute atomic E-state index is 0.133. The molecular weight excluding hydrogens is 660 g/mol. The third-order valence-corrected chi connectivity index (χ3v) is 7.31. The summed E-state index contributed by atoms with van der Waals surface area (Å²) in [6.45, 7) is 5.79. The van der Waals surface area contributed by atoms with Gasteiger partial charge in [-0.2, -0.15) is 5.10 Å². The number of allylic oxidation sites excluding steroid dienone is 1. The van der Waals surface area contributed by atoms with Gasteiger partial charge in [-0.1, -0.05) is 29.8 Å². The number of carboxylic acids is 1. The number of hydrogen-bond acceptors (Lipinski definition) is 11. The normalized spacial score (nSPS) is 14.8. The number of urea groups is 1. The van der Waals surface area contributed by atoms with Gasteiger partial charge in [0.15, 0.2) is 29.2 Å². The average molecular weight is 697 g/mol. The number of nitrogens with one attached hydrogen (secondary N) is 3. The Hall–Kier alpha value is -5.47. The second kappa shape index (κ2) is 17.1. The van der Waals surface area contributed by atoms with Gasteiger partial charge in [0, 0.05) is 5.70 Å². The highest BCUT2D eigenvalue weighted by Gasteiger charge is 2.32. The Morgan fingerprint density at radius 2 is 1.71 bits per heavy atom. The summed E-state index contributed by atoms with van der Waals surface area (Å²) in [5, 5.41) is 29.3. The summed E-state index contributed by atoms with van der Waals surface area (Å²) in [5.41, 5.74) is 5.24. The van der Waals surface area contributed by atoms with Crippen LogP contribution in [0.1, 0.15) is 53.9 Å². The van der Waals surface area contributed by atoms with Crippen molar-refractivity contribution < 1.29 is 48.3 Å². The maximum Gasteiger partial charge on any atom is 0.337 e. The van der Waals surface area contributed by atoms with E-state index < -0.39 is 30.2 Å². The highest BCUT2D eigenvalue weighted by Crippen LogP contribution is 2.37. The van der Waals surface area contributed by atoms with E-state index in [-0.39, 0.29) is 29.4 Å². The minimum Gasteiger partial charge on any atom is -0.490 e. The number of aliphatic hydroxyl groups excluding tert-OH is 1. The summed E-state index contributed by atoms with van der Waals surface area (Å²) in [5.74, 6) is -0.261. The van der Waals surface area contributed by atoms with Crippen molar-refractivity contribution >= 4 is 35.8 Å². The van der Waals surface area contributed by atoms with E-state index in [0.717, 1.165) is 5.56 Å². The van der Waals surface area contributed by atoms with E-state index in [0.29, 0.717) is 53.0 Å². The predicted octanol–water partition coefficient (Wildman–Crippen LogP) is 4.54. The SMILES string of the molecule is CCOc1cc([C@H]2NC(=O)NC(C)=C2C(=O)OC)ccc1OC[C@@H](O)N/N=C\c1cc(Cl)c(OCc2ccc(C(=O)O)cc2)c(OCC)c1. The lowest BCUT2D eigenvalue weighted by atomic mass is 9.95. The Labute approximate surface area is 287 Å². The number of ether oxygens (including phenoxy) is 5. The molecule has 0 fully saturated rings. The fourth-order valence-electron chi connectivity index (χ4n) is 4.78. The third-order valence-electron chi connectivity index (χ3n) is 7.03. The molecule has 0 aromatic heterocycles. The van der Waals surface area contributed by atoms with Gasteiger partial charge in [-0.15, -0.1) is 0 Å². The summed E-state index contributed by atoms with van der Waals surface area (Å²) in [7, 11) is 1.26. The van der Waals surface area contributed by atoms with Crippen molar-refractivity contribution in [3.63, 3.8) is 0 Å². The summed E-state index contributed by atoms with van der Waals surface area (Å²) >= 11 is 6.51. The number of aromatic carboxylic acids is 1. The molecule has 0 spiro atoms. The zero-order valence-electron chi connectivity index (χ0n) is 27.2. The molecule has 0 bridgehead atoms. The largest absolute Gasteiger partial charge is 0.490 e. The fourth-order valence-corrected chi connectivity index (χ4v) is 5.06. The molecule has 2 amide bonds. The fraction of sp³-hybridized carbons (Fsp3) is 0.294. The van der Waals surface area contributed by atoms with Crippen LogP contribution in [0.4, 0.5) is 4.79 Å². The number of hydrogen-bond donors (Lipinski definition) is 5. The molecule has 3 aromatic rings. The average Bonchev–Trinajstić information content (AvgIpc) is 3.07. The van der Waals surface area contributed by atoms with Crippen LogP contribution in [0.15, 0.2) is 71.0 Å². The number of amides is 2. The number of carboxylic acid groups (broad SMARTS) is 1. The van der Waals surface area contributed by atoms with E-state index in [9.17, 15) is 19.5 Å². The van der Waals surface area contributed by atoms with Crippen molar-refractivity contribution in [1.29, 1.82) is 0 Å². The number of carbonyl (C=O) groups is 3. The van der Waals surface area contributed by atoms with Crippen LogP contribution >= 0.6 is 11.6 Å². The topological polar surface area (TPSA) is 186 Å². The van der Waals surface area contributed by atoms with E-state index in [1.165, 1.54) is 25.5 Å². The van der Waals surface area contributed by atoms with E-state index >= 15 is 0 Å². The van der Waals surface area contributed by atoms with Crippen molar-refractivity contribution in [3.8, 4) is 23.0 Å². The van der Waals surface area contributed by atoms with Gasteiger partial charge in [-0.3, -0.25) is 5.43 Å². The minimum atomic E-state index is -1.22. The summed E-state index contributed by atoms with van der Waals surface area (Å²) in [6, 6.07) is 13.3. The second-order valence-electron chi connectivity index (χ2n) is 10.5. The lowest BCUT2D eigenvalue weighted by molar-refractivity contribution is -0.136. The predicted molar refractivity (Wildman–Crippen MR) is 179 cm³/mol. The standard InChI is InChI=1S/C34H37ClN4O10/c1-5-46-26-15-23(30-29(33(43)45-4)19(3)37-34(44)38-30)11-12-25(26)48-18-28(40)39-36-16-21-13-24(35)31(27(14-21)47-6-2)49-17-20-7-9-22(10-8-20)32(41)42/h7-16,28,30,39-40H,5-6,17-18H2,1-4H3,(H,41,42)(H2,37,38,44)/b36-16-/t28-,30-/m1/s1. The van der Waals surface area contributed by atoms with Gasteiger partial charge < -0.3 is 44.5 Å². The Morgan fingerprint density at radius 3 is 2.39 bits per heavy atom. The summed E-state index contributed by atoms with van der Waals surface area (Å²) in [6.07, 6.45) is 0.219. The first kappa shape index (κ1) is 36.4. The number of halogens is 1. The molecule has 260 valence electrons. The van der Waals surface area contributed by atoms with Crippen molar-refractivity contribution in [1.82, 2.24) is 16.1 Å². The molecule has 14 nitrogen and oxygen atoms in total. The number of hydrazone groups is 1. The smallest absolute Gasteiger partial charge is 0.337 e. The highest BCUT2D eigenvalue weighted by atomic mass is 35.5. The van der Waals surface area contributed by atoms with Crippen LogP contribution in [0.2, 0.25) is 5.02 Å². The molecule has 1 aliphatic heterocycles. The molecule has 15 heteroatoms. The van der Waals surface area contributed by atoms with E-state index in [2.05, 4.69) is 21.2 Å². The first-order chi connectivity index (χ1) is 23.5. The number of aliphatic hydroxyl groups is 1. The third kappa shape index (κ3) is 9.55. The van der Waals surface area contributed by atoms with Crippen molar-refractivity contribution in [2.45, 2.75) is 39.6 Å². The quantitative estimate of drug-likeness (QED) is 0.0613. The van der Waals surface area contributed by atoms with Crippen LogP contribution in [0, 0.1) is 0 Å². The Kier molecular flexibility index (Phi) is 12.7. The molecule has 0 aliphatic carbocycles. The molecule has 0 unspecified atom stereocenters. The van der Waals surface area contributed by atoms with Crippen molar-refractivity contribution in [3.05, 3.63) is 93.1 Å². The maximum atomic E-state index is 12.5. The van der Waals surface area contributed by atoms with E-state index in [1.54, 1.807) is 56.3 Å². The lowest BCUT2D eigenvalue weighted by Gasteiger charge is -2.28. The highest BCUT2D eigenvalue weighted by molar-refractivity contribution is 6.32. The van der Waals surface area contributed by atoms with Crippen LogP contribution < -0.4 is 35.0 Å². The van der Waals surface area contributed by atoms with Gasteiger partial charge in [-0.25, -0.2) is 14.4 Å². The molecule has 2 atom stereocenters. The van der Waals surface area contributed by atoms with Crippen LogP contribution in [0.25, 0.3) is 0 Å². The molecule has 5 N–H and O–H groups in total. The van der Waals surface area contributed by atoms with Crippen molar-refractivity contribution in [2.75, 3.05) is 26.9 Å². The van der Waals surface area contributed by atoms with Crippen LogP contribution in [-0.4, -0.2) is 67.6 Å². The van der Waals surface area contributed by atoms with Crippen LogP contribution in [0.3, 0.4) is 0 Å². The van der Waals surface area contributed by atoms with Gasteiger partial charge in [0.05, 0.1) is 48.7 Å². The van der Waals surface area contributed by atoms with E-state index in [4.69, 9.17) is 40.4 Å². The second-order valence-corrected chi connectivity index (χ2v) is 10.9. The van der Waals surface area contributed by atoms with Gasteiger partial charge >= 0.3 is 18.0 Å². The molecule has 0 radical (unpaired) electrons. The van der Waals surface area contributed by atoms with Gasteiger partial charge in [-0.05, 0) is 73.9 Å². The first-order valence-electron chi connectivity index (χ1n) is 15.2. The first-order valence-corrected chi connectivity index (χ1v) is 15.6. The van der Waals surface area contributed by atoms with Gasteiger partial charge in [0.1, 0.15) is 13.2 Å². The monoisotopic (exact) mass is 696 g/mol. The van der Waals surface area contributed by atoms with Gasteiger partial charge in [0.25, 0.3) is 0 Å². The number of esters is 1. The molecule has 0 saturated carbocycles. The Balaban J connectivity index is 1.39. The Morgan fingerprint density at radius 1 is 1.00 bits per heavy atom. The van der Waals surface area contributed by atoms with Crippen LogP contribution in [0.5, 0.6) is 23.0 Å². The summed E-state index contributed by atoms with van der Waals surface area (Å²) in [4.78, 5) is 35.7.